The van der Waals surface area contributed by atoms with E-state index in [0.29, 0.717) is 11.8 Å². The second-order valence-corrected chi connectivity index (χ2v) is 4.31. The van der Waals surface area contributed by atoms with Crippen LogP contribution in [0, 0.1) is 6.92 Å². The Bertz CT molecular complexity index is 474. The Morgan fingerprint density at radius 2 is 1.88 bits per heavy atom. The first-order valence-electron chi connectivity index (χ1n) is 5.78. The van der Waals surface area contributed by atoms with Crippen LogP contribution in [0.15, 0.2) is 28.7 Å². The molecule has 1 aromatic carbocycles. The summed E-state index contributed by atoms with van der Waals surface area (Å²) in [5.74, 6) is 1.15. The molecule has 0 saturated heterocycles. The molecule has 1 atom stereocenters. The molecule has 2 rings (SSSR count). The van der Waals surface area contributed by atoms with Crippen LogP contribution in [0.2, 0.25) is 0 Å². The predicted octanol–water partition coefficient (Wildman–Crippen LogP) is 2.18. The molecule has 0 radical (unpaired) electrons. The predicted molar refractivity (Wildman–Crippen MR) is 65.5 cm³/mol. The zero-order valence-electron chi connectivity index (χ0n) is 10.2. The van der Waals surface area contributed by atoms with Gasteiger partial charge in [0.2, 0.25) is 11.8 Å². The van der Waals surface area contributed by atoms with Crippen LogP contribution >= 0.6 is 0 Å². The van der Waals surface area contributed by atoms with Crippen LogP contribution in [0.5, 0.6) is 0 Å². The molecular formula is C13H17N3O. The van der Waals surface area contributed by atoms with E-state index in [0.717, 1.165) is 12.8 Å². The van der Waals surface area contributed by atoms with Gasteiger partial charge in [0.1, 0.15) is 0 Å². The van der Waals surface area contributed by atoms with Crippen molar-refractivity contribution in [1.82, 2.24) is 10.2 Å². The molecule has 0 aliphatic heterocycles. The van der Waals surface area contributed by atoms with E-state index in [1.165, 1.54) is 11.1 Å². The second kappa shape index (κ2) is 5.10. The zero-order valence-corrected chi connectivity index (χ0v) is 10.2. The minimum atomic E-state index is -0.198. The van der Waals surface area contributed by atoms with Crippen LogP contribution < -0.4 is 5.73 Å². The number of nitrogens with two attached hydrogens (primary N) is 1. The molecule has 0 fully saturated rings. The highest BCUT2D eigenvalue weighted by molar-refractivity contribution is 5.21. The fourth-order valence-corrected chi connectivity index (χ4v) is 1.56. The lowest BCUT2D eigenvalue weighted by atomic mass is 10.1. The third-order valence-electron chi connectivity index (χ3n) is 2.62. The molecule has 1 aromatic heterocycles. The molecule has 0 saturated carbocycles. The standard InChI is InChI=1S/C13H17N3O/c1-9-3-5-11(6-4-9)7-8-12-15-16-13(17-12)10(2)14/h3-6,10H,7-8,14H2,1-2H3. The molecule has 17 heavy (non-hydrogen) atoms. The Kier molecular flexibility index (Phi) is 3.54. The van der Waals surface area contributed by atoms with Crippen molar-refractivity contribution in [3.63, 3.8) is 0 Å². The summed E-state index contributed by atoms with van der Waals surface area (Å²) in [5.41, 5.74) is 8.20. The molecule has 0 bridgehead atoms. The van der Waals surface area contributed by atoms with Crippen molar-refractivity contribution in [1.29, 1.82) is 0 Å². The van der Waals surface area contributed by atoms with E-state index >= 15 is 0 Å². The molecule has 90 valence electrons. The molecule has 0 aliphatic rings. The molecule has 2 aromatic rings. The molecule has 0 spiro atoms. The summed E-state index contributed by atoms with van der Waals surface area (Å²) in [6, 6.07) is 8.26. The number of aromatic nitrogens is 2. The average Bonchev–Trinajstić information content (AvgIpc) is 2.77. The van der Waals surface area contributed by atoms with Crippen molar-refractivity contribution in [2.24, 2.45) is 5.73 Å². The summed E-state index contributed by atoms with van der Waals surface area (Å²) in [6.07, 6.45) is 1.66. The molecule has 2 N–H and O–H groups in total. The maximum Gasteiger partial charge on any atom is 0.232 e. The van der Waals surface area contributed by atoms with Crippen molar-refractivity contribution >= 4 is 0 Å². The quantitative estimate of drug-likeness (QED) is 0.876. The highest BCUT2D eigenvalue weighted by atomic mass is 16.4. The summed E-state index contributed by atoms with van der Waals surface area (Å²) in [7, 11) is 0. The maximum absolute atomic E-state index is 5.65. The topological polar surface area (TPSA) is 64.9 Å². The minimum Gasteiger partial charge on any atom is -0.424 e. The molecule has 4 heteroatoms. The minimum absolute atomic E-state index is 0.198. The van der Waals surface area contributed by atoms with Gasteiger partial charge in [0.25, 0.3) is 0 Å². The van der Waals surface area contributed by atoms with Gasteiger partial charge in [-0.25, -0.2) is 0 Å². The van der Waals surface area contributed by atoms with E-state index in [1.54, 1.807) is 0 Å². The van der Waals surface area contributed by atoms with Crippen LogP contribution in [-0.2, 0) is 12.8 Å². The van der Waals surface area contributed by atoms with Gasteiger partial charge in [-0.15, -0.1) is 10.2 Å². The fraction of sp³-hybridized carbons (Fsp3) is 0.385. The van der Waals surface area contributed by atoms with E-state index in [4.69, 9.17) is 10.2 Å². The van der Waals surface area contributed by atoms with Crippen LogP contribution in [0.3, 0.4) is 0 Å². The van der Waals surface area contributed by atoms with E-state index < -0.39 is 0 Å². The van der Waals surface area contributed by atoms with E-state index in [9.17, 15) is 0 Å². The third kappa shape index (κ3) is 3.14. The van der Waals surface area contributed by atoms with Gasteiger partial charge >= 0.3 is 0 Å². The first kappa shape index (κ1) is 11.8. The normalized spacial score (nSPS) is 12.6. The zero-order chi connectivity index (χ0) is 12.3. The molecule has 0 aliphatic carbocycles. The Morgan fingerprint density at radius 3 is 2.47 bits per heavy atom. The number of benzene rings is 1. The highest BCUT2D eigenvalue weighted by Gasteiger charge is 2.09. The van der Waals surface area contributed by atoms with Crippen molar-refractivity contribution in [3.05, 3.63) is 47.2 Å². The summed E-state index contributed by atoms with van der Waals surface area (Å²) in [6.45, 7) is 3.91. The lowest BCUT2D eigenvalue weighted by Gasteiger charge is -1.99. The highest BCUT2D eigenvalue weighted by Crippen LogP contribution is 2.11. The van der Waals surface area contributed by atoms with Gasteiger partial charge in [-0.2, -0.15) is 0 Å². The van der Waals surface area contributed by atoms with Crippen LogP contribution in [0.25, 0.3) is 0 Å². The van der Waals surface area contributed by atoms with Gasteiger partial charge < -0.3 is 10.2 Å². The Labute approximate surface area is 101 Å². The monoisotopic (exact) mass is 231 g/mol. The van der Waals surface area contributed by atoms with E-state index in [1.807, 2.05) is 6.92 Å². The fourth-order valence-electron chi connectivity index (χ4n) is 1.56. The first-order valence-corrected chi connectivity index (χ1v) is 5.78. The van der Waals surface area contributed by atoms with Crippen molar-refractivity contribution in [2.75, 3.05) is 0 Å². The van der Waals surface area contributed by atoms with E-state index in [-0.39, 0.29) is 6.04 Å². The summed E-state index contributed by atoms with van der Waals surface area (Å²) >= 11 is 0. The Morgan fingerprint density at radius 1 is 1.18 bits per heavy atom. The third-order valence-corrected chi connectivity index (χ3v) is 2.62. The van der Waals surface area contributed by atoms with Crippen molar-refractivity contribution in [3.8, 4) is 0 Å². The van der Waals surface area contributed by atoms with Crippen molar-refractivity contribution < 1.29 is 4.42 Å². The van der Waals surface area contributed by atoms with Gasteiger partial charge in [-0.1, -0.05) is 29.8 Å². The Hall–Kier alpha value is -1.68. The summed E-state index contributed by atoms with van der Waals surface area (Å²) in [5, 5.41) is 7.87. The van der Waals surface area contributed by atoms with Gasteiger partial charge in [0, 0.05) is 6.42 Å². The first-order chi connectivity index (χ1) is 8.15. The SMILES string of the molecule is Cc1ccc(CCc2nnc(C(C)N)o2)cc1. The number of aryl methyl sites for hydroxylation is 3. The largest absolute Gasteiger partial charge is 0.424 e. The summed E-state index contributed by atoms with van der Waals surface area (Å²) < 4.78 is 5.44. The molecular weight excluding hydrogens is 214 g/mol. The lowest BCUT2D eigenvalue weighted by molar-refractivity contribution is 0.426. The molecule has 1 heterocycles. The van der Waals surface area contributed by atoms with Crippen LogP contribution in [-0.4, -0.2) is 10.2 Å². The average molecular weight is 231 g/mol. The number of hydrogen-bond acceptors (Lipinski definition) is 4. The van der Waals surface area contributed by atoms with Gasteiger partial charge in [0.05, 0.1) is 6.04 Å². The van der Waals surface area contributed by atoms with Gasteiger partial charge in [0.15, 0.2) is 0 Å². The van der Waals surface area contributed by atoms with E-state index in [2.05, 4.69) is 41.4 Å². The maximum atomic E-state index is 5.65. The van der Waals surface area contributed by atoms with Crippen LogP contribution in [0.4, 0.5) is 0 Å². The molecule has 0 amide bonds. The smallest absolute Gasteiger partial charge is 0.232 e. The number of nitrogens with zero attached hydrogens (tertiary/aromatic N) is 2. The van der Waals surface area contributed by atoms with Gasteiger partial charge in [-0.3, -0.25) is 0 Å². The van der Waals surface area contributed by atoms with Crippen LogP contribution in [0.1, 0.15) is 35.9 Å². The lowest BCUT2D eigenvalue weighted by Crippen LogP contribution is -2.04. The number of hydrogen-bond donors (Lipinski definition) is 1. The molecule has 1 unspecified atom stereocenters. The summed E-state index contributed by atoms with van der Waals surface area (Å²) in [4.78, 5) is 0. The second-order valence-electron chi connectivity index (χ2n) is 4.31. The molecule has 4 nitrogen and oxygen atoms in total. The Balaban J connectivity index is 1.95. The number of rotatable bonds is 4. The van der Waals surface area contributed by atoms with Gasteiger partial charge in [-0.05, 0) is 25.8 Å². The van der Waals surface area contributed by atoms with Crippen molar-refractivity contribution in [2.45, 2.75) is 32.7 Å².